The van der Waals surface area contributed by atoms with Crippen LogP contribution in [0.3, 0.4) is 0 Å². The minimum atomic E-state index is -0.993. The van der Waals surface area contributed by atoms with Crippen molar-refractivity contribution in [3.05, 3.63) is 58.7 Å². The van der Waals surface area contributed by atoms with Crippen molar-refractivity contribution in [2.24, 2.45) is 5.11 Å². The predicted octanol–water partition coefficient (Wildman–Crippen LogP) is 2.34. The molecule has 1 N–H and O–H groups in total. The summed E-state index contributed by atoms with van der Waals surface area (Å²) in [5.41, 5.74) is 8.75. The van der Waals surface area contributed by atoms with Crippen molar-refractivity contribution >= 4 is 5.97 Å². The molecule has 0 saturated heterocycles. The molecular weight excluding hydrogens is 274 g/mol. The molecule has 0 spiro atoms. The fourth-order valence-corrected chi connectivity index (χ4v) is 1.71. The largest absolute Gasteiger partial charge is 0.493 e. The number of hydrogen-bond donors (Lipinski definition) is 1. The Labute approximate surface area is 120 Å². The van der Waals surface area contributed by atoms with E-state index < -0.39 is 12.0 Å². The first kappa shape index (κ1) is 14.4. The fraction of sp³-hybridized carbons (Fsp3) is 0.231. The Kier molecular flexibility index (Phi) is 4.79. The number of carbonyl (C=O) groups is 1. The van der Waals surface area contributed by atoms with Crippen molar-refractivity contribution in [2.45, 2.75) is 12.6 Å². The van der Waals surface area contributed by atoms with E-state index in [-0.39, 0.29) is 12.2 Å². The summed E-state index contributed by atoms with van der Waals surface area (Å²) < 4.78 is 7.15. The highest BCUT2D eigenvalue weighted by atomic mass is 16.5. The van der Waals surface area contributed by atoms with Gasteiger partial charge in [-0.05, 0) is 35.9 Å². The van der Waals surface area contributed by atoms with Crippen LogP contribution in [0.1, 0.15) is 10.4 Å². The Bertz CT molecular complexity index is 632. The molecule has 0 fully saturated rings. The van der Waals surface area contributed by atoms with Crippen molar-refractivity contribution in [1.29, 1.82) is 0 Å². The molecule has 0 aliphatic rings. The van der Waals surface area contributed by atoms with E-state index in [1.54, 1.807) is 35.3 Å². The Balaban J connectivity index is 1.95. The van der Waals surface area contributed by atoms with Crippen LogP contribution in [-0.2, 0) is 6.54 Å². The van der Waals surface area contributed by atoms with Gasteiger partial charge in [0.25, 0.3) is 0 Å². The lowest BCUT2D eigenvalue weighted by Crippen LogP contribution is -2.22. The molecule has 0 radical (unpaired) electrons. The van der Waals surface area contributed by atoms with Crippen LogP contribution in [0.15, 0.2) is 47.8 Å². The molecule has 1 unspecified atom stereocenters. The molecule has 1 aromatic heterocycles. The quantitative estimate of drug-likeness (QED) is 0.478. The zero-order chi connectivity index (χ0) is 15.1. The second-order valence-corrected chi connectivity index (χ2v) is 4.23. The van der Waals surface area contributed by atoms with Crippen LogP contribution in [0.4, 0.5) is 0 Å². The summed E-state index contributed by atoms with van der Waals surface area (Å²) in [6.07, 6.45) is 3.40. The highest BCUT2D eigenvalue weighted by Crippen LogP contribution is 2.13. The third-order valence-corrected chi connectivity index (χ3v) is 2.72. The van der Waals surface area contributed by atoms with Gasteiger partial charge >= 0.3 is 5.97 Å². The molecule has 2 aromatic rings. The fourth-order valence-electron chi connectivity index (χ4n) is 1.71. The number of azide groups is 1. The Hall–Kier alpha value is -2.99. The molecule has 21 heavy (non-hydrogen) atoms. The van der Waals surface area contributed by atoms with Crippen molar-refractivity contribution in [3.63, 3.8) is 0 Å². The molecule has 0 aliphatic heterocycles. The van der Waals surface area contributed by atoms with E-state index in [2.05, 4.69) is 15.1 Å². The van der Waals surface area contributed by atoms with E-state index in [0.29, 0.717) is 12.3 Å². The number of aromatic carboxylic acids is 1. The second kappa shape index (κ2) is 6.97. The Morgan fingerprint density at radius 1 is 1.48 bits per heavy atom. The van der Waals surface area contributed by atoms with Gasteiger partial charge in [-0.1, -0.05) is 5.11 Å². The number of rotatable bonds is 7. The lowest BCUT2D eigenvalue weighted by molar-refractivity contribution is 0.0697. The van der Waals surface area contributed by atoms with E-state index in [1.807, 2.05) is 0 Å². The van der Waals surface area contributed by atoms with Crippen LogP contribution in [-0.4, -0.2) is 33.5 Å². The van der Waals surface area contributed by atoms with Gasteiger partial charge in [-0.3, -0.25) is 4.68 Å². The van der Waals surface area contributed by atoms with Crippen LogP contribution in [0.2, 0.25) is 0 Å². The highest BCUT2D eigenvalue weighted by molar-refractivity contribution is 5.87. The monoisotopic (exact) mass is 287 g/mol. The summed E-state index contributed by atoms with van der Waals surface area (Å²) >= 11 is 0. The minimum Gasteiger partial charge on any atom is -0.493 e. The van der Waals surface area contributed by atoms with Gasteiger partial charge in [0.2, 0.25) is 0 Å². The van der Waals surface area contributed by atoms with Crippen LogP contribution < -0.4 is 4.74 Å². The topological polar surface area (TPSA) is 113 Å². The van der Waals surface area contributed by atoms with Gasteiger partial charge in [0.15, 0.2) is 0 Å². The molecule has 8 heteroatoms. The average molecular weight is 287 g/mol. The standard InChI is InChI=1S/C13H13N5O3/c14-17-16-11(8-18-7-1-6-15-18)9-21-12-4-2-10(3-5-12)13(19)20/h1-7,11H,8-9H2,(H,19,20). The SMILES string of the molecule is [N-]=[N+]=NC(COc1ccc(C(=O)O)cc1)Cn1cccn1. The summed E-state index contributed by atoms with van der Waals surface area (Å²) in [5, 5.41) is 16.5. The number of benzene rings is 1. The maximum atomic E-state index is 10.7. The van der Waals surface area contributed by atoms with Crippen LogP contribution >= 0.6 is 0 Å². The highest BCUT2D eigenvalue weighted by Gasteiger charge is 2.09. The summed E-state index contributed by atoms with van der Waals surface area (Å²) in [6, 6.07) is 7.39. The van der Waals surface area contributed by atoms with E-state index >= 15 is 0 Å². The summed E-state index contributed by atoms with van der Waals surface area (Å²) in [6.45, 7) is 0.584. The summed E-state index contributed by atoms with van der Waals surface area (Å²) in [4.78, 5) is 13.5. The molecule has 108 valence electrons. The molecule has 8 nitrogen and oxygen atoms in total. The number of aromatic nitrogens is 2. The minimum absolute atomic E-state index is 0.177. The molecule has 1 aromatic carbocycles. The molecule has 1 atom stereocenters. The number of carboxylic acid groups (broad SMARTS) is 1. The lowest BCUT2D eigenvalue weighted by atomic mass is 10.2. The lowest BCUT2D eigenvalue weighted by Gasteiger charge is -2.13. The van der Waals surface area contributed by atoms with E-state index in [4.69, 9.17) is 15.4 Å². The first-order chi connectivity index (χ1) is 10.2. The van der Waals surface area contributed by atoms with Crippen molar-refractivity contribution in [1.82, 2.24) is 9.78 Å². The Morgan fingerprint density at radius 2 is 2.24 bits per heavy atom. The normalized spacial score (nSPS) is 11.4. The number of nitrogens with zero attached hydrogens (tertiary/aromatic N) is 5. The van der Waals surface area contributed by atoms with Crippen LogP contribution in [0, 0.1) is 0 Å². The van der Waals surface area contributed by atoms with Gasteiger partial charge in [0.05, 0.1) is 24.8 Å². The smallest absolute Gasteiger partial charge is 0.335 e. The van der Waals surface area contributed by atoms with Gasteiger partial charge in [-0.25, -0.2) is 4.79 Å². The molecule has 1 heterocycles. The van der Waals surface area contributed by atoms with E-state index in [1.165, 1.54) is 12.1 Å². The molecule has 0 aliphatic carbocycles. The zero-order valence-corrected chi connectivity index (χ0v) is 11.0. The van der Waals surface area contributed by atoms with Gasteiger partial charge in [-0.2, -0.15) is 5.10 Å². The van der Waals surface area contributed by atoms with Gasteiger partial charge < -0.3 is 9.84 Å². The molecular formula is C13H13N5O3. The van der Waals surface area contributed by atoms with Gasteiger partial charge in [-0.15, -0.1) is 0 Å². The number of ether oxygens (including phenoxy) is 1. The third kappa shape index (κ3) is 4.26. The van der Waals surface area contributed by atoms with Crippen molar-refractivity contribution in [2.75, 3.05) is 6.61 Å². The van der Waals surface area contributed by atoms with Gasteiger partial charge in [0.1, 0.15) is 5.75 Å². The van der Waals surface area contributed by atoms with Crippen molar-refractivity contribution in [3.8, 4) is 5.75 Å². The van der Waals surface area contributed by atoms with Gasteiger partial charge in [0, 0.05) is 17.3 Å². The first-order valence-electron chi connectivity index (χ1n) is 6.17. The average Bonchev–Trinajstić information content (AvgIpc) is 2.98. The summed E-state index contributed by atoms with van der Waals surface area (Å²) in [7, 11) is 0. The van der Waals surface area contributed by atoms with Crippen molar-refractivity contribution < 1.29 is 14.6 Å². The zero-order valence-electron chi connectivity index (χ0n) is 11.0. The molecule has 0 saturated carbocycles. The summed E-state index contributed by atoms with van der Waals surface area (Å²) in [5.74, 6) is -0.481. The maximum Gasteiger partial charge on any atom is 0.335 e. The maximum absolute atomic E-state index is 10.7. The Morgan fingerprint density at radius 3 is 2.81 bits per heavy atom. The van der Waals surface area contributed by atoms with E-state index in [0.717, 1.165) is 0 Å². The van der Waals surface area contributed by atoms with Crippen LogP contribution in [0.5, 0.6) is 5.75 Å². The predicted molar refractivity (Wildman–Crippen MR) is 74.1 cm³/mol. The molecule has 2 rings (SSSR count). The molecule has 0 bridgehead atoms. The second-order valence-electron chi connectivity index (χ2n) is 4.23. The third-order valence-electron chi connectivity index (χ3n) is 2.72. The first-order valence-corrected chi connectivity index (χ1v) is 6.17. The van der Waals surface area contributed by atoms with E-state index in [9.17, 15) is 4.79 Å². The van der Waals surface area contributed by atoms with Crippen LogP contribution in [0.25, 0.3) is 10.4 Å². The number of carboxylic acids is 1. The molecule has 0 amide bonds. The number of hydrogen-bond acceptors (Lipinski definition) is 4.